The number of rotatable bonds is 7. The second-order valence-electron chi connectivity index (χ2n) is 9.25. The Labute approximate surface area is 182 Å². The summed E-state index contributed by atoms with van der Waals surface area (Å²) in [5, 5.41) is 10.8. The molecule has 2 N–H and O–H groups in total. The summed E-state index contributed by atoms with van der Waals surface area (Å²) in [6.07, 6.45) is 4.92. The van der Waals surface area contributed by atoms with E-state index in [9.17, 15) is 9.59 Å². The maximum Gasteiger partial charge on any atom is 0.272 e. The molecule has 2 aromatic rings. The summed E-state index contributed by atoms with van der Waals surface area (Å²) in [5.74, 6) is 1.32. The van der Waals surface area contributed by atoms with Gasteiger partial charge in [-0.25, -0.2) is 0 Å². The maximum atomic E-state index is 12.6. The zero-order valence-electron chi connectivity index (χ0n) is 17.9. The van der Waals surface area contributed by atoms with Gasteiger partial charge in [-0.1, -0.05) is 18.2 Å². The van der Waals surface area contributed by atoms with Crippen LogP contribution >= 0.6 is 0 Å². The van der Waals surface area contributed by atoms with Crippen molar-refractivity contribution in [1.29, 1.82) is 0 Å². The van der Waals surface area contributed by atoms with Crippen molar-refractivity contribution in [1.82, 2.24) is 25.3 Å². The van der Waals surface area contributed by atoms with Crippen molar-refractivity contribution in [3.05, 3.63) is 30.0 Å². The van der Waals surface area contributed by atoms with E-state index in [-0.39, 0.29) is 24.5 Å². The zero-order chi connectivity index (χ0) is 21.2. The van der Waals surface area contributed by atoms with Crippen molar-refractivity contribution in [2.45, 2.75) is 31.8 Å². The van der Waals surface area contributed by atoms with Crippen LogP contribution in [0.1, 0.15) is 36.2 Å². The highest BCUT2D eigenvalue weighted by molar-refractivity contribution is 6.04. The Morgan fingerprint density at radius 3 is 2.71 bits per heavy atom. The number of nitrogens with one attached hydrogen (secondary N) is 2. The van der Waals surface area contributed by atoms with Gasteiger partial charge in [-0.15, -0.1) is 0 Å². The van der Waals surface area contributed by atoms with Crippen LogP contribution in [0.15, 0.2) is 24.3 Å². The van der Waals surface area contributed by atoms with Crippen LogP contribution in [0.4, 0.5) is 0 Å². The SMILES string of the molecule is O=C(NCC1CN(CC2CCN(CC3CC3)CC2)C(=O)CO1)c1n[nH]c2ccccc12. The highest BCUT2D eigenvalue weighted by Crippen LogP contribution is 2.31. The van der Waals surface area contributed by atoms with Crippen molar-refractivity contribution < 1.29 is 14.3 Å². The molecule has 0 radical (unpaired) electrons. The molecule has 1 aromatic carbocycles. The second kappa shape index (κ2) is 8.96. The number of hydrogen-bond acceptors (Lipinski definition) is 5. The molecule has 1 unspecified atom stereocenters. The minimum atomic E-state index is -0.229. The number of aromatic nitrogens is 2. The van der Waals surface area contributed by atoms with Gasteiger partial charge in [0.1, 0.15) is 6.61 Å². The summed E-state index contributed by atoms with van der Waals surface area (Å²) in [6.45, 7) is 5.34. The van der Waals surface area contributed by atoms with E-state index in [4.69, 9.17) is 4.74 Å². The van der Waals surface area contributed by atoms with E-state index in [0.29, 0.717) is 24.7 Å². The summed E-state index contributed by atoms with van der Waals surface area (Å²) in [5.41, 5.74) is 1.22. The first kappa shape index (κ1) is 20.5. The van der Waals surface area contributed by atoms with Gasteiger partial charge in [0, 0.05) is 31.6 Å². The fourth-order valence-corrected chi connectivity index (χ4v) is 4.74. The van der Waals surface area contributed by atoms with E-state index in [1.807, 2.05) is 29.2 Å². The van der Waals surface area contributed by atoms with Gasteiger partial charge in [0.25, 0.3) is 5.91 Å². The van der Waals surface area contributed by atoms with Crippen molar-refractivity contribution in [2.24, 2.45) is 11.8 Å². The number of morpholine rings is 1. The Morgan fingerprint density at radius 1 is 1.13 bits per heavy atom. The van der Waals surface area contributed by atoms with Crippen LogP contribution in [0.3, 0.4) is 0 Å². The first-order valence-electron chi connectivity index (χ1n) is 11.5. The number of likely N-dealkylation sites (tertiary alicyclic amines) is 1. The number of carbonyl (C=O) groups excluding carboxylic acids is 2. The minimum Gasteiger partial charge on any atom is -0.365 e. The number of hydrogen-bond donors (Lipinski definition) is 2. The van der Waals surface area contributed by atoms with Crippen LogP contribution < -0.4 is 5.32 Å². The van der Waals surface area contributed by atoms with Crippen molar-refractivity contribution in [3.63, 3.8) is 0 Å². The minimum absolute atomic E-state index is 0.0567. The largest absolute Gasteiger partial charge is 0.365 e. The number of para-hydroxylation sites is 1. The summed E-state index contributed by atoms with van der Waals surface area (Å²) < 4.78 is 5.69. The lowest BCUT2D eigenvalue weighted by molar-refractivity contribution is -0.149. The smallest absolute Gasteiger partial charge is 0.272 e. The fraction of sp³-hybridized carbons (Fsp3) is 0.609. The first-order chi connectivity index (χ1) is 15.2. The molecule has 3 fully saturated rings. The Balaban J connectivity index is 1.10. The molecule has 3 heterocycles. The Kier molecular flexibility index (Phi) is 5.91. The van der Waals surface area contributed by atoms with Crippen LogP contribution in [0.25, 0.3) is 10.9 Å². The molecule has 1 aliphatic carbocycles. The zero-order valence-corrected chi connectivity index (χ0v) is 17.9. The molecule has 1 saturated carbocycles. The Bertz CT molecular complexity index is 932. The lowest BCUT2D eigenvalue weighted by Crippen LogP contribution is -2.52. The number of piperidine rings is 1. The molecule has 166 valence electrons. The molecule has 3 aliphatic rings. The Hall–Kier alpha value is -2.45. The van der Waals surface area contributed by atoms with Crippen LogP contribution in [0.2, 0.25) is 0 Å². The number of H-pyrrole nitrogens is 1. The van der Waals surface area contributed by atoms with Gasteiger partial charge in [-0.05, 0) is 56.7 Å². The van der Waals surface area contributed by atoms with Gasteiger partial charge < -0.3 is 19.9 Å². The molecule has 5 rings (SSSR count). The van der Waals surface area contributed by atoms with Crippen molar-refractivity contribution >= 4 is 22.7 Å². The number of amides is 2. The molecule has 1 atom stereocenters. The van der Waals surface area contributed by atoms with E-state index in [1.54, 1.807) is 0 Å². The molecule has 2 aliphatic heterocycles. The molecule has 0 bridgehead atoms. The molecule has 31 heavy (non-hydrogen) atoms. The van der Waals surface area contributed by atoms with E-state index < -0.39 is 0 Å². The summed E-state index contributed by atoms with van der Waals surface area (Å²) in [6, 6.07) is 7.56. The van der Waals surface area contributed by atoms with E-state index in [1.165, 1.54) is 19.4 Å². The molecule has 2 saturated heterocycles. The lowest BCUT2D eigenvalue weighted by Gasteiger charge is -2.38. The average molecular weight is 426 g/mol. The van der Waals surface area contributed by atoms with Crippen LogP contribution in [-0.2, 0) is 9.53 Å². The summed E-state index contributed by atoms with van der Waals surface area (Å²) in [4.78, 5) is 29.5. The van der Waals surface area contributed by atoms with Crippen LogP contribution in [-0.4, -0.2) is 83.8 Å². The molecule has 0 spiro atoms. The fourth-order valence-electron chi connectivity index (χ4n) is 4.74. The van der Waals surface area contributed by atoms with Crippen LogP contribution in [0.5, 0.6) is 0 Å². The lowest BCUT2D eigenvalue weighted by atomic mass is 9.95. The predicted molar refractivity (Wildman–Crippen MR) is 117 cm³/mol. The third-order valence-electron chi connectivity index (χ3n) is 6.79. The maximum absolute atomic E-state index is 12.6. The van der Waals surface area contributed by atoms with E-state index in [0.717, 1.165) is 49.3 Å². The number of nitrogens with zero attached hydrogens (tertiary/aromatic N) is 3. The number of aromatic amines is 1. The topological polar surface area (TPSA) is 90.6 Å². The van der Waals surface area contributed by atoms with Crippen molar-refractivity contribution in [3.8, 4) is 0 Å². The standard InChI is InChI=1S/C23H31N5O3/c29-21-15-31-18(11-24-23(30)22-19-3-1-2-4-20(19)25-26-22)14-28(21)13-17-7-9-27(10-8-17)12-16-5-6-16/h1-4,16-18H,5-15H2,(H,24,30)(H,25,26). The molecule has 8 heteroatoms. The van der Waals surface area contributed by atoms with Gasteiger partial charge in [-0.2, -0.15) is 5.10 Å². The third-order valence-corrected chi connectivity index (χ3v) is 6.79. The van der Waals surface area contributed by atoms with Crippen molar-refractivity contribution in [2.75, 3.05) is 45.9 Å². The number of benzene rings is 1. The first-order valence-corrected chi connectivity index (χ1v) is 11.5. The molecular weight excluding hydrogens is 394 g/mol. The highest BCUT2D eigenvalue weighted by Gasteiger charge is 2.31. The quantitative estimate of drug-likeness (QED) is 0.704. The van der Waals surface area contributed by atoms with Gasteiger partial charge in [0.15, 0.2) is 5.69 Å². The van der Waals surface area contributed by atoms with Gasteiger partial charge in [0.05, 0.1) is 11.6 Å². The molecule has 8 nitrogen and oxygen atoms in total. The third kappa shape index (κ3) is 4.91. The highest BCUT2D eigenvalue weighted by atomic mass is 16.5. The van der Waals surface area contributed by atoms with E-state index in [2.05, 4.69) is 20.4 Å². The monoisotopic (exact) mass is 425 g/mol. The number of ether oxygens (including phenoxy) is 1. The molecular formula is C23H31N5O3. The van der Waals surface area contributed by atoms with Crippen LogP contribution in [0, 0.1) is 11.8 Å². The average Bonchev–Trinajstić information content (AvgIpc) is 3.50. The van der Waals surface area contributed by atoms with Gasteiger partial charge >= 0.3 is 0 Å². The number of fused-ring (bicyclic) bond motifs is 1. The summed E-state index contributed by atoms with van der Waals surface area (Å²) >= 11 is 0. The molecule has 1 aromatic heterocycles. The normalized spacial score (nSPS) is 23.4. The number of carbonyl (C=O) groups is 2. The second-order valence-corrected chi connectivity index (χ2v) is 9.25. The summed E-state index contributed by atoms with van der Waals surface area (Å²) in [7, 11) is 0. The van der Waals surface area contributed by atoms with E-state index >= 15 is 0 Å². The molecule has 2 amide bonds. The van der Waals surface area contributed by atoms with Gasteiger partial charge in [0.2, 0.25) is 5.91 Å². The predicted octanol–water partition coefficient (Wildman–Crippen LogP) is 1.64. The Morgan fingerprint density at radius 2 is 1.90 bits per heavy atom. The van der Waals surface area contributed by atoms with Gasteiger partial charge in [-0.3, -0.25) is 14.7 Å².